The van der Waals surface area contributed by atoms with Gasteiger partial charge in [0.1, 0.15) is 5.82 Å². The number of unbranched alkanes of at least 4 members (excludes halogenated alkanes) is 1. The third-order valence-corrected chi connectivity index (χ3v) is 2.67. The van der Waals surface area contributed by atoms with Crippen molar-refractivity contribution in [2.24, 2.45) is 0 Å². The first kappa shape index (κ1) is 13.2. The van der Waals surface area contributed by atoms with E-state index >= 15 is 0 Å². The second-order valence-corrected chi connectivity index (χ2v) is 4.21. The molecular weight excluding hydrogens is 201 g/mol. The van der Waals surface area contributed by atoms with Crippen LogP contribution in [0.3, 0.4) is 0 Å². The molecule has 1 aromatic rings. The Morgan fingerprint density at radius 1 is 1.19 bits per heavy atom. The van der Waals surface area contributed by atoms with Gasteiger partial charge in [0.15, 0.2) is 0 Å². The summed E-state index contributed by atoms with van der Waals surface area (Å²) in [7, 11) is 0. The highest BCUT2D eigenvalue weighted by atomic mass is 19.1. The van der Waals surface area contributed by atoms with Crippen LogP contribution in [-0.2, 0) is 13.0 Å². The van der Waals surface area contributed by atoms with Gasteiger partial charge in [0.2, 0.25) is 0 Å². The minimum absolute atomic E-state index is 0.0516. The molecule has 0 heterocycles. The highest BCUT2D eigenvalue weighted by molar-refractivity contribution is 5.24. The van der Waals surface area contributed by atoms with E-state index in [1.54, 1.807) is 6.07 Å². The molecule has 90 valence electrons. The fraction of sp³-hybridized carbons (Fsp3) is 0.571. The average Bonchev–Trinajstić information content (AvgIpc) is 2.28. The van der Waals surface area contributed by atoms with Gasteiger partial charge in [-0.2, -0.15) is 0 Å². The third-order valence-electron chi connectivity index (χ3n) is 2.67. The fourth-order valence-electron chi connectivity index (χ4n) is 1.68. The summed E-state index contributed by atoms with van der Waals surface area (Å²) >= 11 is 0. The van der Waals surface area contributed by atoms with Crippen molar-refractivity contribution >= 4 is 0 Å². The van der Waals surface area contributed by atoms with Gasteiger partial charge in [-0.15, -0.1) is 0 Å². The van der Waals surface area contributed by atoms with Crippen molar-refractivity contribution in [1.29, 1.82) is 0 Å². The summed E-state index contributed by atoms with van der Waals surface area (Å²) in [6.45, 7) is 6.00. The molecule has 0 atom stereocenters. The predicted octanol–water partition coefficient (Wildman–Crippen LogP) is 3.67. The molecule has 16 heavy (non-hydrogen) atoms. The number of aryl methyl sites for hydroxylation is 1. The van der Waals surface area contributed by atoms with Crippen molar-refractivity contribution < 1.29 is 4.39 Å². The van der Waals surface area contributed by atoms with Crippen LogP contribution in [0.5, 0.6) is 0 Å². The molecule has 1 rings (SSSR count). The van der Waals surface area contributed by atoms with E-state index in [0.717, 1.165) is 49.9 Å². The molecule has 0 saturated carbocycles. The summed E-state index contributed by atoms with van der Waals surface area (Å²) in [5.74, 6) is -0.0516. The van der Waals surface area contributed by atoms with Crippen LogP contribution in [0.15, 0.2) is 18.2 Å². The molecule has 0 spiro atoms. The molecule has 0 amide bonds. The van der Waals surface area contributed by atoms with Gasteiger partial charge < -0.3 is 5.32 Å². The van der Waals surface area contributed by atoms with Gasteiger partial charge in [0, 0.05) is 6.54 Å². The van der Waals surface area contributed by atoms with Crippen LogP contribution in [0.25, 0.3) is 0 Å². The zero-order valence-corrected chi connectivity index (χ0v) is 10.4. The Balaban J connectivity index is 2.53. The van der Waals surface area contributed by atoms with Crippen LogP contribution in [-0.4, -0.2) is 6.54 Å². The van der Waals surface area contributed by atoms with Gasteiger partial charge in [-0.3, -0.25) is 0 Å². The van der Waals surface area contributed by atoms with Crippen LogP contribution >= 0.6 is 0 Å². The van der Waals surface area contributed by atoms with Crippen molar-refractivity contribution in [3.05, 3.63) is 35.1 Å². The van der Waals surface area contributed by atoms with Gasteiger partial charge in [0.05, 0.1) is 0 Å². The van der Waals surface area contributed by atoms with E-state index in [4.69, 9.17) is 0 Å². The lowest BCUT2D eigenvalue weighted by molar-refractivity contribution is 0.597. The number of nitrogens with one attached hydrogen (secondary N) is 1. The smallest absolute Gasteiger partial charge is 0.126 e. The second-order valence-electron chi connectivity index (χ2n) is 4.21. The van der Waals surface area contributed by atoms with E-state index in [1.165, 1.54) is 0 Å². The van der Waals surface area contributed by atoms with Crippen LogP contribution in [0.4, 0.5) is 4.39 Å². The maximum atomic E-state index is 13.7. The highest BCUT2D eigenvalue weighted by Crippen LogP contribution is 2.13. The topological polar surface area (TPSA) is 12.0 Å². The summed E-state index contributed by atoms with van der Waals surface area (Å²) in [4.78, 5) is 0. The van der Waals surface area contributed by atoms with Crippen LogP contribution in [0.1, 0.15) is 44.2 Å². The predicted molar refractivity (Wildman–Crippen MR) is 67.0 cm³/mol. The van der Waals surface area contributed by atoms with E-state index in [9.17, 15) is 4.39 Å². The number of rotatable bonds is 7. The molecule has 0 aliphatic heterocycles. The Bertz CT molecular complexity index is 310. The molecule has 2 heteroatoms. The van der Waals surface area contributed by atoms with Crippen molar-refractivity contribution in [3.63, 3.8) is 0 Å². The Morgan fingerprint density at radius 3 is 2.62 bits per heavy atom. The standard InChI is InChI=1S/C14H22FN/c1-3-5-6-13-8-7-12(10-14(13)15)11-16-9-4-2/h7-8,10,16H,3-6,9,11H2,1-2H3. The van der Waals surface area contributed by atoms with Crippen LogP contribution < -0.4 is 5.32 Å². The van der Waals surface area contributed by atoms with Crippen LogP contribution in [0, 0.1) is 5.82 Å². The molecule has 0 saturated heterocycles. The van der Waals surface area contributed by atoms with Gasteiger partial charge in [-0.25, -0.2) is 4.39 Å². The molecule has 0 bridgehead atoms. The monoisotopic (exact) mass is 223 g/mol. The normalized spacial score (nSPS) is 10.7. The van der Waals surface area contributed by atoms with Gasteiger partial charge in [-0.05, 0) is 43.0 Å². The number of hydrogen-bond acceptors (Lipinski definition) is 1. The summed E-state index contributed by atoms with van der Waals surface area (Å²) in [6, 6.07) is 5.61. The largest absolute Gasteiger partial charge is 0.313 e. The maximum absolute atomic E-state index is 13.7. The van der Waals surface area contributed by atoms with E-state index in [2.05, 4.69) is 19.2 Å². The van der Waals surface area contributed by atoms with E-state index in [-0.39, 0.29) is 5.82 Å². The van der Waals surface area contributed by atoms with Crippen molar-refractivity contribution in [3.8, 4) is 0 Å². The third kappa shape index (κ3) is 4.31. The zero-order chi connectivity index (χ0) is 11.8. The van der Waals surface area contributed by atoms with E-state index < -0.39 is 0 Å². The summed E-state index contributed by atoms with van der Waals surface area (Å²) in [5, 5.41) is 3.27. The zero-order valence-electron chi connectivity index (χ0n) is 10.4. The lowest BCUT2D eigenvalue weighted by Gasteiger charge is -2.06. The Hall–Kier alpha value is -0.890. The number of halogens is 1. The lowest BCUT2D eigenvalue weighted by atomic mass is 10.1. The molecule has 1 nitrogen and oxygen atoms in total. The highest BCUT2D eigenvalue weighted by Gasteiger charge is 2.02. The van der Waals surface area contributed by atoms with Gasteiger partial charge in [0.25, 0.3) is 0 Å². The molecule has 0 aliphatic carbocycles. The molecule has 0 unspecified atom stereocenters. The second kappa shape index (κ2) is 7.39. The minimum Gasteiger partial charge on any atom is -0.313 e. The van der Waals surface area contributed by atoms with Crippen molar-refractivity contribution in [1.82, 2.24) is 5.32 Å². The fourth-order valence-corrected chi connectivity index (χ4v) is 1.68. The minimum atomic E-state index is -0.0516. The summed E-state index contributed by atoms with van der Waals surface area (Å²) in [6.07, 6.45) is 4.13. The number of hydrogen-bond donors (Lipinski definition) is 1. The lowest BCUT2D eigenvalue weighted by Crippen LogP contribution is -2.14. The van der Waals surface area contributed by atoms with Crippen molar-refractivity contribution in [2.75, 3.05) is 6.54 Å². The van der Waals surface area contributed by atoms with Gasteiger partial charge >= 0.3 is 0 Å². The van der Waals surface area contributed by atoms with E-state index in [1.807, 2.05) is 12.1 Å². The average molecular weight is 223 g/mol. The quantitative estimate of drug-likeness (QED) is 0.695. The Labute approximate surface area is 98.1 Å². The maximum Gasteiger partial charge on any atom is 0.126 e. The first-order valence-corrected chi connectivity index (χ1v) is 6.26. The molecule has 0 aromatic heterocycles. The first-order valence-electron chi connectivity index (χ1n) is 6.26. The molecule has 0 radical (unpaired) electrons. The Kier molecular flexibility index (Phi) is 6.09. The van der Waals surface area contributed by atoms with Crippen LogP contribution in [0.2, 0.25) is 0 Å². The van der Waals surface area contributed by atoms with E-state index in [0.29, 0.717) is 0 Å². The molecular formula is C14H22FN. The van der Waals surface area contributed by atoms with Crippen molar-refractivity contribution in [2.45, 2.75) is 46.1 Å². The summed E-state index contributed by atoms with van der Waals surface area (Å²) < 4.78 is 13.7. The number of benzene rings is 1. The molecule has 1 N–H and O–H groups in total. The Morgan fingerprint density at radius 2 is 2.00 bits per heavy atom. The summed E-state index contributed by atoms with van der Waals surface area (Å²) in [5.41, 5.74) is 1.88. The van der Waals surface area contributed by atoms with Gasteiger partial charge in [-0.1, -0.05) is 32.4 Å². The molecule has 0 fully saturated rings. The SMILES string of the molecule is CCCCc1ccc(CNCCC)cc1F. The molecule has 0 aliphatic rings. The molecule has 1 aromatic carbocycles. The first-order chi connectivity index (χ1) is 7.77.